The molecule has 0 saturated heterocycles. The third kappa shape index (κ3) is 5.48. The standard InChI is InChI=1S/C23H23FN2O4S/c1-26(31(28,29)21-13-11-20(30-2)12-14-21)16-17-7-9-18(10-8-17)23(27)25-15-19-5-3-4-6-22(19)24/h3-14H,15-16H2,1-2H3,(H,25,27). The lowest BCUT2D eigenvalue weighted by Crippen LogP contribution is -2.26. The molecule has 0 heterocycles. The molecule has 0 aliphatic carbocycles. The molecule has 0 fully saturated rings. The number of ether oxygens (including phenoxy) is 1. The van der Waals surface area contributed by atoms with Gasteiger partial charge in [0.25, 0.3) is 5.91 Å². The Morgan fingerprint density at radius 1 is 1.00 bits per heavy atom. The summed E-state index contributed by atoms with van der Waals surface area (Å²) in [5.41, 5.74) is 1.53. The van der Waals surface area contributed by atoms with Crippen molar-refractivity contribution in [1.82, 2.24) is 9.62 Å². The highest BCUT2D eigenvalue weighted by Crippen LogP contribution is 2.20. The van der Waals surface area contributed by atoms with Crippen molar-refractivity contribution in [1.29, 1.82) is 0 Å². The molecular formula is C23H23FN2O4S. The molecule has 31 heavy (non-hydrogen) atoms. The van der Waals surface area contributed by atoms with E-state index in [0.29, 0.717) is 16.9 Å². The second-order valence-electron chi connectivity index (χ2n) is 6.91. The molecule has 0 spiro atoms. The summed E-state index contributed by atoms with van der Waals surface area (Å²) in [6.07, 6.45) is 0. The van der Waals surface area contributed by atoms with E-state index in [-0.39, 0.29) is 29.7 Å². The van der Waals surface area contributed by atoms with Crippen LogP contribution in [0.3, 0.4) is 0 Å². The van der Waals surface area contributed by atoms with Crippen LogP contribution in [0.4, 0.5) is 4.39 Å². The second-order valence-corrected chi connectivity index (χ2v) is 8.95. The van der Waals surface area contributed by atoms with E-state index in [4.69, 9.17) is 4.74 Å². The zero-order chi connectivity index (χ0) is 22.4. The fraction of sp³-hybridized carbons (Fsp3) is 0.174. The van der Waals surface area contributed by atoms with E-state index in [0.717, 1.165) is 5.56 Å². The van der Waals surface area contributed by atoms with Crippen LogP contribution in [0.15, 0.2) is 77.7 Å². The maximum atomic E-state index is 13.7. The molecule has 3 aromatic carbocycles. The number of carbonyl (C=O) groups is 1. The first-order valence-corrected chi connectivity index (χ1v) is 11.0. The monoisotopic (exact) mass is 442 g/mol. The van der Waals surface area contributed by atoms with Crippen molar-refractivity contribution in [2.24, 2.45) is 0 Å². The van der Waals surface area contributed by atoms with Gasteiger partial charge in [-0.2, -0.15) is 4.31 Å². The Hall–Kier alpha value is -3.23. The summed E-state index contributed by atoms with van der Waals surface area (Å²) in [4.78, 5) is 12.5. The highest BCUT2D eigenvalue weighted by Gasteiger charge is 2.21. The number of sulfonamides is 1. The highest BCUT2D eigenvalue weighted by molar-refractivity contribution is 7.89. The Bertz CT molecular complexity index is 1150. The summed E-state index contributed by atoms with van der Waals surface area (Å²) >= 11 is 0. The summed E-state index contributed by atoms with van der Waals surface area (Å²) < 4.78 is 45.5. The summed E-state index contributed by atoms with van der Waals surface area (Å²) in [7, 11) is -0.661. The van der Waals surface area contributed by atoms with Crippen LogP contribution in [-0.4, -0.2) is 32.8 Å². The van der Waals surface area contributed by atoms with Crippen molar-refractivity contribution >= 4 is 15.9 Å². The van der Waals surface area contributed by atoms with E-state index in [1.54, 1.807) is 54.6 Å². The van der Waals surface area contributed by atoms with Gasteiger partial charge >= 0.3 is 0 Å². The van der Waals surface area contributed by atoms with Gasteiger partial charge in [0.2, 0.25) is 10.0 Å². The van der Waals surface area contributed by atoms with Gasteiger partial charge < -0.3 is 10.1 Å². The molecule has 0 unspecified atom stereocenters. The second kappa shape index (κ2) is 9.72. The van der Waals surface area contributed by atoms with Gasteiger partial charge in [-0.3, -0.25) is 4.79 Å². The smallest absolute Gasteiger partial charge is 0.251 e. The number of hydrogen-bond acceptors (Lipinski definition) is 4. The molecular weight excluding hydrogens is 419 g/mol. The Kier molecular flexibility index (Phi) is 7.04. The minimum absolute atomic E-state index is 0.0795. The number of carbonyl (C=O) groups excluding carboxylic acids is 1. The fourth-order valence-corrected chi connectivity index (χ4v) is 4.11. The van der Waals surface area contributed by atoms with Crippen LogP contribution in [0.2, 0.25) is 0 Å². The zero-order valence-corrected chi connectivity index (χ0v) is 18.0. The van der Waals surface area contributed by atoms with Crippen LogP contribution in [0, 0.1) is 5.82 Å². The van der Waals surface area contributed by atoms with E-state index < -0.39 is 10.0 Å². The van der Waals surface area contributed by atoms with Gasteiger partial charge in [0.05, 0.1) is 12.0 Å². The van der Waals surface area contributed by atoms with Crippen LogP contribution >= 0.6 is 0 Å². The van der Waals surface area contributed by atoms with Crippen molar-refractivity contribution < 1.29 is 22.3 Å². The van der Waals surface area contributed by atoms with E-state index in [1.807, 2.05) is 0 Å². The lowest BCUT2D eigenvalue weighted by atomic mass is 10.1. The highest BCUT2D eigenvalue weighted by atomic mass is 32.2. The molecule has 0 aromatic heterocycles. The largest absolute Gasteiger partial charge is 0.497 e. The maximum absolute atomic E-state index is 13.7. The van der Waals surface area contributed by atoms with Gasteiger partial charge in [-0.25, -0.2) is 12.8 Å². The topological polar surface area (TPSA) is 75.7 Å². The molecule has 1 N–H and O–H groups in total. The predicted molar refractivity (Wildman–Crippen MR) is 116 cm³/mol. The molecule has 0 saturated carbocycles. The van der Waals surface area contributed by atoms with Crippen LogP contribution in [0.5, 0.6) is 5.75 Å². The first-order valence-electron chi connectivity index (χ1n) is 9.52. The van der Waals surface area contributed by atoms with E-state index >= 15 is 0 Å². The summed E-state index contributed by atoms with van der Waals surface area (Å²) in [6.45, 7) is 0.224. The van der Waals surface area contributed by atoms with Crippen molar-refractivity contribution in [2.75, 3.05) is 14.2 Å². The maximum Gasteiger partial charge on any atom is 0.251 e. The third-order valence-corrected chi connectivity index (χ3v) is 6.60. The molecule has 8 heteroatoms. The normalized spacial score (nSPS) is 11.4. The average molecular weight is 443 g/mol. The van der Waals surface area contributed by atoms with E-state index in [2.05, 4.69) is 5.32 Å². The molecule has 3 rings (SSSR count). The quantitative estimate of drug-likeness (QED) is 0.579. The Morgan fingerprint density at radius 2 is 1.65 bits per heavy atom. The molecule has 1 amide bonds. The Balaban J connectivity index is 1.62. The van der Waals surface area contributed by atoms with Crippen molar-refractivity contribution in [3.05, 3.63) is 95.3 Å². The van der Waals surface area contributed by atoms with Crippen LogP contribution < -0.4 is 10.1 Å². The number of nitrogens with one attached hydrogen (secondary N) is 1. The Labute approximate surface area is 181 Å². The average Bonchev–Trinajstić information content (AvgIpc) is 2.78. The third-order valence-electron chi connectivity index (χ3n) is 4.79. The Morgan fingerprint density at radius 3 is 2.26 bits per heavy atom. The van der Waals surface area contributed by atoms with Crippen molar-refractivity contribution in [2.45, 2.75) is 18.0 Å². The van der Waals surface area contributed by atoms with Gasteiger partial charge in [-0.15, -0.1) is 0 Å². The SMILES string of the molecule is COc1ccc(S(=O)(=O)N(C)Cc2ccc(C(=O)NCc3ccccc3F)cc2)cc1. The number of nitrogens with zero attached hydrogens (tertiary/aromatic N) is 1. The molecule has 0 aliphatic rings. The molecule has 6 nitrogen and oxygen atoms in total. The minimum atomic E-state index is -3.67. The molecule has 0 aliphatic heterocycles. The number of methoxy groups -OCH3 is 1. The number of hydrogen-bond donors (Lipinski definition) is 1. The molecule has 162 valence electrons. The van der Waals surface area contributed by atoms with Gasteiger partial charge in [0.1, 0.15) is 11.6 Å². The lowest BCUT2D eigenvalue weighted by Gasteiger charge is -2.17. The first-order chi connectivity index (χ1) is 14.8. The van der Waals surface area contributed by atoms with Crippen molar-refractivity contribution in [3.8, 4) is 5.75 Å². The van der Waals surface area contributed by atoms with Gasteiger partial charge in [-0.05, 0) is 48.0 Å². The number of benzene rings is 3. The minimum Gasteiger partial charge on any atom is -0.497 e. The van der Waals surface area contributed by atoms with Crippen LogP contribution in [0.25, 0.3) is 0 Å². The molecule has 0 bridgehead atoms. The van der Waals surface area contributed by atoms with Crippen molar-refractivity contribution in [3.63, 3.8) is 0 Å². The van der Waals surface area contributed by atoms with Gasteiger partial charge in [-0.1, -0.05) is 30.3 Å². The van der Waals surface area contributed by atoms with Crippen LogP contribution in [-0.2, 0) is 23.1 Å². The molecule has 0 radical (unpaired) electrons. The summed E-state index contributed by atoms with van der Waals surface area (Å²) in [5, 5.41) is 2.68. The van der Waals surface area contributed by atoms with E-state index in [9.17, 15) is 17.6 Å². The first kappa shape index (κ1) is 22.5. The summed E-state index contributed by atoms with van der Waals surface area (Å²) in [6, 6.07) is 19.0. The fourth-order valence-electron chi connectivity index (χ4n) is 2.95. The predicted octanol–water partition coefficient (Wildman–Crippen LogP) is 3.59. The zero-order valence-electron chi connectivity index (χ0n) is 17.2. The number of amides is 1. The van der Waals surface area contributed by atoms with Crippen LogP contribution in [0.1, 0.15) is 21.5 Å². The summed E-state index contributed by atoms with van der Waals surface area (Å²) in [5.74, 6) is -0.140. The van der Waals surface area contributed by atoms with Gasteiger partial charge in [0.15, 0.2) is 0 Å². The number of rotatable bonds is 8. The van der Waals surface area contributed by atoms with Gasteiger partial charge in [0, 0.05) is 31.3 Å². The van der Waals surface area contributed by atoms with E-state index in [1.165, 1.54) is 36.7 Å². The molecule has 0 atom stereocenters. The molecule has 3 aromatic rings. The lowest BCUT2D eigenvalue weighted by molar-refractivity contribution is 0.0950. The number of halogens is 1.